The van der Waals surface area contributed by atoms with Gasteiger partial charge in [0.05, 0.1) is 5.60 Å². The molecule has 0 aliphatic heterocycles. The fraction of sp³-hybridized carbons (Fsp3) is 0.375. The Labute approximate surface area is 174 Å². The molecular formula is C24H31ClN2O. The van der Waals surface area contributed by atoms with Crippen LogP contribution in [0.4, 0.5) is 0 Å². The van der Waals surface area contributed by atoms with Gasteiger partial charge in [-0.05, 0) is 68.2 Å². The molecule has 0 saturated heterocycles. The molecule has 3 nitrogen and oxygen atoms in total. The first-order chi connectivity index (χ1) is 13.0. The molecule has 0 radical (unpaired) electrons. The van der Waals surface area contributed by atoms with Crippen molar-refractivity contribution >= 4 is 23.2 Å². The van der Waals surface area contributed by atoms with Crippen molar-refractivity contribution in [2.24, 2.45) is 0 Å². The minimum Gasteiger partial charge on any atom is -0.385 e. The third kappa shape index (κ3) is 5.78. The van der Waals surface area contributed by atoms with Crippen molar-refractivity contribution in [3.05, 3.63) is 77.6 Å². The van der Waals surface area contributed by atoms with Crippen LogP contribution in [0.15, 0.2) is 60.9 Å². The maximum atomic E-state index is 10.7. The molecule has 150 valence electrons. The van der Waals surface area contributed by atoms with Gasteiger partial charge in [0.25, 0.3) is 0 Å². The molecule has 3 aromatic rings. The summed E-state index contributed by atoms with van der Waals surface area (Å²) in [6.07, 6.45) is 6.63. The van der Waals surface area contributed by atoms with Crippen molar-refractivity contribution < 1.29 is 5.11 Å². The number of aryl methyl sites for hydroxylation is 1. The molecule has 0 saturated carbocycles. The first-order valence-electron chi connectivity index (χ1n) is 9.80. The van der Waals surface area contributed by atoms with Crippen LogP contribution in [0, 0.1) is 6.92 Å². The van der Waals surface area contributed by atoms with Crippen molar-refractivity contribution in [1.29, 1.82) is 0 Å². The Bertz CT molecular complexity index is 880. The van der Waals surface area contributed by atoms with Gasteiger partial charge in [0.1, 0.15) is 0 Å². The second kappa shape index (κ2) is 10.0. The number of nitrogens with zero attached hydrogens (tertiary/aromatic N) is 1. The van der Waals surface area contributed by atoms with E-state index in [1.807, 2.05) is 49.6 Å². The summed E-state index contributed by atoms with van der Waals surface area (Å²) < 4.78 is 0. The molecule has 28 heavy (non-hydrogen) atoms. The molecule has 0 fully saturated rings. The fourth-order valence-corrected chi connectivity index (χ4v) is 3.55. The Balaban J connectivity index is 0.00000280. The van der Waals surface area contributed by atoms with Crippen LogP contribution in [-0.4, -0.2) is 16.1 Å². The second-order valence-electron chi connectivity index (χ2n) is 7.83. The molecule has 1 heterocycles. The lowest BCUT2D eigenvalue weighted by Crippen LogP contribution is -2.27. The summed E-state index contributed by atoms with van der Waals surface area (Å²) in [6, 6.07) is 16.9. The van der Waals surface area contributed by atoms with Gasteiger partial charge in [-0.3, -0.25) is 4.98 Å². The molecule has 2 aromatic carbocycles. The van der Waals surface area contributed by atoms with Crippen molar-refractivity contribution in [2.75, 3.05) is 0 Å². The van der Waals surface area contributed by atoms with Crippen molar-refractivity contribution in [1.82, 2.24) is 10.3 Å². The largest absolute Gasteiger partial charge is 0.385 e. The molecule has 2 atom stereocenters. The van der Waals surface area contributed by atoms with E-state index in [2.05, 4.69) is 42.3 Å². The number of aliphatic hydroxyl groups is 1. The Kier molecular flexibility index (Phi) is 7.99. The summed E-state index contributed by atoms with van der Waals surface area (Å²) in [5.41, 5.74) is 2.74. The average molecular weight is 399 g/mol. The number of rotatable bonds is 8. The van der Waals surface area contributed by atoms with Crippen molar-refractivity contribution in [3.8, 4) is 0 Å². The summed E-state index contributed by atoms with van der Waals surface area (Å²) in [4.78, 5) is 4.26. The zero-order valence-corrected chi connectivity index (χ0v) is 17.8. The lowest BCUT2D eigenvalue weighted by atomic mass is 9.90. The molecular weight excluding hydrogens is 368 g/mol. The molecule has 0 bridgehead atoms. The van der Waals surface area contributed by atoms with Gasteiger partial charge in [-0.2, -0.15) is 0 Å². The Morgan fingerprint density at radius 1 is 1.11 bits per heavy atom. The van der Waals surface area contributed by atoms with Gasteiger partial charge in [0.2, 0.25) is 0 Å². The van der Waals surface area contributed by atoms with Crippen LogP contribution in [0.3, 0.4) is 0 Å². The maximum Gasteiger partial charge on any atom is 0.0868 e. The molecule has 0 amide bonds. The zero-order valence-electron chi connectivity index (χ0n) is 17.0. The van der Waals surface area contributed by atoms with Gasteiger partial charge in [-0.15, -0.1) is 12.4 Å². The topological polar surface area (TPSA) is 45.2 Å². The smallest absolute Gasteiger partial charge is 0.0868 e. The monoisotopic (exact) mass is 398 g/mol. The third-order valence-corrected chi connectivity index (χ3v) is 5.38. The van der Waals surface area contributed by atoms with E-state index in [1.54, 1.807) is 0 Å². The van der Waals surface area contributed by atoms with E-state index in [0.29, 0.717) is 6.04 Å². The zero-order chi connectivity index (χ0) is 19.3. The van der Waals surface area contributed by atoms with Gasteiger partial charge in [-0.25, -0.2) is 0 Å². The number of halogens is 1. The number of aromatic nitrogens is 1. The normalized spacial score (nSPS) is 14.3. The molecule has 2 N–H and O–H groups in total. The van der Waals surface area contributed by atoms with E-state index in [1.165, 1.54) is 21.9 Å². The van der Waals surface area contributed by atoms with E-state index in [-0.39, 0.29) is 12.4 Å². The summed E-state index contributed by atoms with van der Waals surface area (Å²) >= 11 is 0. The van der Waals surface area contributed by atoms with E-state index >= 15 is 0 Å². The predicted octanol–water partition coefficient (Wildman–Crippen LogP) is 5.52. The third-order valence-electron chi connectivity index (χ3n) is 5.38. The van der Waals surface area contributed by atoms with Crippen LogP contribution in [-0.2, 0) is 12.1 Å². The summed E-state index contributed by atoms with van der Waals surface area (Å²) in [5.74, 6) is 0. The number of pyridine rings is 1. The van der Waals surface area contributed by atoms with E-state index in [0.717, 1.165) is 31.4 Å². The van der Waals surface area contributed by atoms with E-state index in [9.17, 15) is 5.11 Å². The van der Waals surface area contributed by atoms with Crippen LogP contribution in [0.5, 0.6) is 0 Å². The average Bonchev–Trinajstić information content (AvgIpc) is 2.67. The molecule has 4 heteroatoms. The molecule has 0 aliphatic carbocycles. The van der Waals surface area contributed by atoms with Crippen LogP contribution in [0.1, 0.15) is 49.8 Å². The van der Waals surface area contributed by atoms with Gasteiger partial charge in [0.15, 0.2) is 0 Å². The lowest BCUT2D eigenvalue weighted by molar-refractivity contribution is 0.0443. The van der Waals surface area contributed by atoms with Gasteiger partial charge in [-0.1, -0.05) is 42.5 Å². The molecule has 3 rings (SSSR count). The van der Waals surface area contributed by atoms with Crippen LogP contribution < -0.4 is 5.32 Å². The Morgan fingerprint density at radius 2 is 1.86 bits per heavy atom. The van der Waals surface area contributed by atoms with E-state index < -0.39 is 5.60 Å². The summed E-state index contributed by atoms with van der Waals surface area (Å²) in [6.45, 7) is 7.09. The minimum atomic E-state index is -0.759. The molecule has 1 unspecified atom stereocenters. The summed E-state index contributed by atoms with van der Waals surface area (Å²) in [7, 11) is 0. The number of hydrogen-bond acceptors (Lipinski definition) is 3. The highest BCUT2D eigenvalue weighted by Crippen LogP contribution is 2.26. The Morgan fingerprint density at radius 3 is 2.61 bits per heavy atom. The minimum absolute atomic E-state index is 0. The molecule has 0 spiro atoms. The first kappa shape index (κ1) is 22.4. The summed E-state index contributed by atoms with van der Waals surface area (Å²) in [5, 5.41) is 16.8. The quantitative estimate of drug-likeness (QED) is 0.525. The SMILES string of the molecule is Cc1cncc2ccc(CN[C@H](C)CCCC(C)(O)c3ccccc3)cc12.Cl. The first-order valence-corrected chi connectivity index (χ1v) is 9.80. The molecule has 0 aliphatic rings. The number of fused-ring (bicyclic) bond motifs is 1. The lowest BCUT2D eigenvalue weighted by Gasteiger charge is -2.24. The fourth-order valence-electron chi connectivity index (χ4n) is 3.55. The number of hydrogen-bond donors (Lipinski definition) is 2. The highest BCUT2D eigenvalue weighted by molar-refractivity contribution is 5.85. The number of nitrogens with one attached hydrogen (secondary N) is 1. The van der Waals surface area contributed by atoms with E-state index in [4.69, 9.17) is 0 Å². The van der Waals surface area contributed by atoms with Crippen molar-refractivity contribution in [2.45, 2.75) is 58.2 Å². The van der Waals surface area contributed by atoms with Crippen molar-refractivity contribution in [3.63, 3.8) is 0 Å². The van der Waals surface area contributed by atoms with Gasteiger partial charge in [0, 0.05) is 30.4 Å². The van der Waals surface area contributed by atoms with Gasteiger partial charge < -0.3 is 10.4 Å². The highest BCUT2D eigenvalue weighted by Gasteiger charge is 2.22. The maximum absolute atomic E-state index is 10.7. The highest BCUT2D eigenvalue weighted by atomic mass is 35.5. The standard InChI is InChI=1S/C24H30N2O.ClH/c1-18-15-25-17-21-12-11-20(14-23(18)21)16-26-19(2)8-7-13-24(3,27)22-9-5-4-6-10-22;/h4-6,9-12,14-15,17,19,26-27H,7-8,13,16H2,1-3H3;1H/t19-,24?;/m1./s1. The number of benzene rings is 2. The van der Waals surface area contributed by atoms with Crippen LogP contribution >= 0.6 is 12.4 Å². The molecule has 1 aromatic heterocycles. The van der Waals surface area contributed by atoms with Crippen LogP contribution in [0.2, 0.25) is 0 Å². The van der Waals surface area contributed by atoms with Gasteiger partial charge >= 0.3 is 0 Å². The predicted molar refractivity (Wildman–Crippen MR) is 120 cm³/mol. The Hall–Kier alpha value is -1.94. The second-order valence-corrected chi connectivity index (χ2v) is 7.83. The van der Waals surface area contributed by atoms with Crippen LogP contribution in [0.25, 0.3) is 10.8 Å².